The Morgan fingerprint density at radius 3 is 1.97 bits per heavy atom. The molecule has 0 bridgehead atoms. The van der Waals surface area contributed by atoms with Gasteiger partial charge in [-0.05, 0) is 45.3 Å². The first-order chi connectivity index (χ1) is 14.5. The number of carboxylic acids is 1. The third-order valence-corrected chi connectivity index (χ3v) is 4.64. The van der Waals surface area contributed by atoms with Crippen LogP contribution in [-0.2, 0) is 4.79 Å². The lowest BCUT2D eigenvalue weighted by Gasteiger charge is -2.14. The summed E-state index contributed by atoms with van der Waals surface area (Å²) in [6.45, 7) is 2.96. The summed E-state index contributed by atoms with van der Waals surface area (Å²) in [5.74, 6) is -1.05. The van der Waals surface area contributed by atoms with Gasteiger partial charge in [0.05, 0.1) is 5.56 Å². The van der Waals surface area contributed by atoms with Crippen LogP contribution in [0.5, 0.6) is 5.75 Å². The normalized spacial score (nSPS) is 10.1. The molecular weight excluding hydrogens is 380 g/mol. The summed E-state index contributed by atoms with van der Waals surface area (Å²) in [6, 6.07) is 20.5. The van der Waals surface area contributed by atoms with Crippen LogP contribution in [0, 0.1) is 0 Å². The molecule has 0 saturated carbocycles. The molecule has 0 unspecified atom stereocenters. The van der Waals surface area contributed by atoms with Crippen molar-refractivity contribution < 1.29 is 24.6 Å². The van der Waals surface area contributed by atoms with Gasteiger partial charge in [-0.15, -0.1) is 0 Å². The Morgan fingerprint density at radius 2 is 1.40 bits per heavy atom. The Hall–Kier alpha value is -4.25. The standard InChI is InChI=1S/C22H14O3.C3H4O2/c23-12-14-9-15-5-1-3-7-18(15)20(10-14)21-19-8-4-2-6-16(19)11-17(13-24)22(21)25;1-2-3(4)5/h1-13,25H;2H,1H2,(H,4,5). The van der Waals surface area contributed by atoms with Crippen molar-refractivity contribution >= 4 is 40.1 Å². The van der Waals surface area contributed by atoms with Crippen LogP contribution in [0.2, 0.25) is 0 Å². The number of aliphatic carboxylic acids is 1. The fourth-order valence-corrected chi connectivity index (χ4v) is 3.33. The molecule has 4 aromatic carbocycles. The first kappa shape index (κ1) is 20.5. The molecule has 0 aliphatic rings. The van der Waals surface area contributed by atoms with Gasteiger partial charge in [0.15, 0.2) is 6.29 Å². The summed E-state index contributed by atoms with van der Waals surface area (Å²) in [5, 5.41) is 21.9. The van der Waals surface area contributed by atoms with Gasteiger partial charge in [0.2, 0.25) is 0 Å². The van der Waals surface area contributed by atoms with E-state index in [4.69, 9.17) is 5.11 Å². The minimum Gasteiger partial charge on any atom is -0.507 e. The first-order valence-corrected chi connectivity index (χ1v) is 9.03. The molecule has 4 rings (SSSR count). The van der Waals surface area contributed by atoms with Crippen LogP contribution >= 0.6 is 0 Å². The zero-order chi connectivity index (χ0) is 21.7. The van der Waals surface area contributed by atoms with Crippen LogP contribution in [0.1, 0.15) is 20.7 Å². The van der Waals surface area contributed by atoms with Gasteiger partial charge >= 0.3 is 5.97 Å². The fraction of sp³-hybridized carbons (Fsp3) is 0. The molecule has 0 saturated heterocycles. The molecule has 30 heavy (non-hydrogen) atoms. The quantitative estimate of drug-likeness (QED) is 0.362. The number of carbonyl (C=O) groups is 3. The number of aromatic hydroxyl groups is 1. The van der Waals surface area contributed by atoms with Gasteiger partial charge < -0.3 is 10.2 Å². The van der Waals surface area contributed by atoms with Gasteiger partial charge in [-0.25, -0.2) is 4.79 Å². The molecule has 0 radical (unpaired) electrons. The lowest BCUT2D eigenvalue weighted by atomic mass is 9.90. The van der Waals surface area contributed by atoms with E-state index in [0.717, 1.165) is 39.5 Å². The molecule has 0 aliphatic carbocycles. The van der Waals surface area contributed by atoms with Gasteiger partial charge in [-0.2, -0.15) is 0 Å². The molecule has 148 valence electrons. The van der Waals surface area contributed by atoms with Gasteiger partial charge in [0.1, 0.15) is 12.0 Å². The summed E-state index contributed by atoms with van der Waals surface area (Å²) in [4.78, 5) is 32.1. The van der Waals surface area contributed by atoms with E-state index < -0.39 is 5.97 Å². The summed E-state index contributed by atoms with van der Waals surface area (Å²) < 4.78 is 0. The predicted octanol–water partition coefficient (Wildman–Crippen LogP) is 5.25. The van der Waals surface area contributed by atoms with Crippen LogP contribution < -0.4 is 0 Å². The monoisotopic (exact) mass is 398 g/mol. The number of aldehydes is 2. The van der Waals surface area contributed by atoms with Crippen molar-refractivity contribution in [1.82, 2.24) is 0 Å². The number of phenols is 1. The Kier molecular flexibility index (Phi) is 6.03. The van der Waals surface area contributed by atoms with E-state index in [1.807, 2.05) is 54.6 Å². The molecular formula is C25H18O5. The molecule has 0 heterocycles. The van der Waals surface area contributed by atoms with Crippen LogP contribution in [0.25, 0.3) is 32.7 Å². The number of fused-ring (bicyclic) bond motifs is 2. The zero-order valence-corrected chi connectivity index (χ0v) is 15.9. The molecule has 0 fully saturated rings. The van der Waals surface area contributed by atoms with E-state index in [9.17, 15) is 19.5 Å². The highest BCUT2D eigenvalue weighted by molar-refractivity contribution is 6.11. The smallest absolute Gasteiger partial charge is 0.327 e. The average molecular weight is 398 g/mol. The van der Waals surface area contributed by atoms with E-state index in [0.29, 0.717) is 17.4 Å². The Balaban J connectivity index is 0.000000461. The lowest BCUT2D eigenvalue weighted by Crippen LogP contribution is -1.92. The van der Waals surface area contributed by atoms with Crippen molar-refractivity contribution in [3.63, 3.8) is 0 Å². The van der Waals surface area contributed by atoms with E-state index in [-0.39, 0.29) is 11.3 Å². The summed E-state index contributed by atoms with van der Waals surface area (Å²) in [5.41, 5.74) is 2.06. The van der Waals surface area contributed by atoms with Crippen LogP contribution in [-0.4, -0.2) is 28.8 Å². The highest BCUT2D eigenvalue weighted by atomic mass is 16.4. The van der Waals surface area contributed by atoms with Crippen LogP contribution in [0.3, 0.4) is 0 Å². The second-order valence-electron chi connectivity index (χ2n) is 6.48. The molecule has 0 aromatic heterocycles. The number of hydrogen-bond acceptors (Lipinski definition) is 4. The minimum atomic E-state index is -0.981. The summed E-state index contributed by atoms with van der Waals surface area (Å²) in [6.07, 6.45) is 2.27. The molecule has 0 atom stereocenters. The third-order valence-electron chi connectivity index (χ3n) is 4.64. The largest absolute Gasteiger partial charge is 0.507 e. The summed E-state index contributed by atoms with van der Waals surface area (Å²) in [7, 11) is 0. The lowest BCUT2D eigenvalue weighted by molar-refractivity contribution is -0.131. The van der Waals surface area contributed by atoms with Crippen molar-refractivity contribution in [1.29, 1.82) is 0 Å². The fourth-order valence-electron chi connectivity index (χ4n) is 3.33. The van der Waals surface area contributed by atoms with E-state index in [1.54, 1.807) is 12.1 Å². The predicted molar refractivity (Wildman–Crippen MR) is 117 cm³/mol. The second kappa shape index (κ2) is 8.84. The van der Waals surface area contributed by atoms with Gasteiger partial charge in [0.25, 0.3) is 0 Å². The molecule has 4 aromatic rings. The Labute approximate surface area is 172 Å². The maximum Gasteiger partial charge on any atom is 0.327 e. The van der Waals surface area contributed by atoms with Crippen LogP contribution in [0.4, 0.5) is 0 Å². The Morgan fingerprint density at radius 1 is 0.833 bits per heavy atom. The average Bonchev–Trinajstić information content (AvgIpc) is 2.78. The van der Waals surface area contributed by atoms with E-state index in [2.05, 4.69) is 6.58 Å². The van der Waals surface area contributed by atoms with E-state index in [1.165, 1.54) is 0 Å². The highest BCUT2D eigenvalue weighted by Gasteiger charge is 2.17. The third kappa shape index (κ3) is 3.95. The highest BCUT2D eigenvalue weighted by Crippen LogP contribution is 2.42. The van der Waals surface area contributed by atoms with Gasteiger partial charge in [-0.3, -0.25) is 9.59 Å². The number of rotatable bonds is 4. The minimum absolute atomic E-state index is 0.0677. The van der Waals surface area contributed by atoms with Crippen molar-refractivity contribution in [2.45, 2.75) is 0 Å². The molecule has 5 heteroatoms. The summed E-state index contributed by atoms with van der Waals surface area (Å²) >= 11 is 0. The van der Waals surface area contributed by atoms with Crippen molar-refractivity contribution in [3.05, 3.63) is 90.5 Å². The first-order valence-electron chi connectivity index (χ1n) is 9.03. The van der Waals surface area contributed by atoms with Crippen molar-refractivity contribution in [3.8, 4) is 16.9 Å². The number of carboxylic acid groups (broad SMARTS) is 1. The zero-order valence-electron chi connectivity index (χ0n) is 15.9. The number of hydrogen-bond donors (Lipinski definition) is 2. The SMILES string of the molecule is C=CC(=O)O.O=Cc1cc(-c2c(O)c(C=O)cc3ccccc23)c2ccccc2c1. The van der Waals surface area contributed by atoms with Crippen molar-refractivity contribution in [2.24, 2.45) is 0 Å². The molecule has 5 nitrogen and oxygen atoms in total. The topological polar surface area (TPSA) is 91.7 Å². The molecule has 2 N–H and O–H groups in total. The van der Waals surface area contributed by atoms with Crippen LogP contribution in [0.15, 0.2) is 79.4 Å². The molecule has 0 spiro atoms. The maximum atomic E-state index is 11.4. The number of phenolic OH excluding ortho intramolecular Hbond substituents is 1. The maximum absolute atomic E-state index is 11.4. The van der Waals surface area contributed by atoms with E-state index >= 15 is 0 Å². The molecule has 0 aliphatic heterocycles. The number of benzene rings is 4. The second-order valence-corrected chi connectivity index (χ2v) is 6.48. The van der Waals surface area contributed by atoms with Gasteiger partial charge in [-0.1, -0.05) is 55.1 Å². The number of carbonyl (C=O) groups excluding carboxylic acids is 2. The Bertz CT molecular complexity index is 1290. The van der Waals surface area contributed by atoms with Gasteiger partial charge in [0, 0.05) is 17.2 Å². The molecule has 0 amide bonds. The van der Waals surface area contributed by atoms with Crippen molar-refractivity contribution in [2.75, 3.05) is 0 Å².